The van der Waals surface area contributed by atoms with Gasteiger partial charge < -0.3 is 10.4 Å². The Morgan fingerprint density at radius 2 is 2.14 bits per heavy atom. The summed E-state index contributed by atoms with van der Waals surface area (Å²) in [5.41, 5.74) is 0.603. The van der Waals surface area contributed by atoms with Crippen LogP contribution >= 0.6 is 12.6 Å². The van der Waals surface area contributed by atoms with E-state index in [0.717, 1.165) is 0 Å². The van der Waals surface area contributed by atoms with Gasteiger partial charge in [-0.1, -0.05) is 6.07 Å². The summed E-state index contributed by atoms with van der Waals surface area (Å²) in [7, 11) is 0. The number of carbonyl (C=O) groups is 2. The molecule has 0 spiro atoms. The van der Waals surface area contributed by atoms with E-state index in [9.17, 15) is 9.59 Å². The molecule has 5 heteroatoms. The molecule has 1 aromatic carbocycles. The third-order valence-corrected chi connectivity index (χ3v) is 1.82. The molecule has 2 N–H and O–H groups in total. The zero-order chi connectivity index (χ0) is 10.6. The molecule has 0 saturated carbocycles. The predicted octanol–water partition coefficient (Wildman–Crippen LogP) is 1.25. The van der Waals surface area contributed by atoms with Gasteiger partial charge in [0, 0.05) is 5.69 Å². The fourth-order valence-electron chi connectivity index (χ4n) is 0.930. The van der Waals surface area contributed by atoms with Gasteiger partial charge in [-0.15, -0.1) is 0 Å². The monoisotopic (exact) mass is 211 g/mol. The fraction of sp³-hybridized carbons (Fsp3) is 0.111. The minimum absolute atomic E-state index is 0.0668. The minimum Gasteiger partial charge on any atom is -0.478 e. The summed E-state index contributed by atoms with van der Waals surface area (Å²) in [5.74, 6) is -1.22. The molecule has 0 unspecified atom stereocenters. The molecule has 0 fully saturated rings. The summed E-state index contributed by atoms with van der Waals surface area (Å²) >= 11 is 3.78. The molecule has 0 heterocycles. The Kier molecular flexibility index (Phi) is 3.53. The van der Waals surface area contributed by atoms with E-state index in [4.69, 9.17) is 5.11 Å². The topological polar surface area (TPSA) is 66.4 Å². The van der Waals surface area contributed by atoms with Crippen LogP contribution in [0.1, 0.15) is 10.4 Å². The van der Waals surface area contributed by atoms with Crippen molar-refractivity contribution in [2.45, 2.75) is 0 Å². The highest BCUT2D eigenvalue weighted by atomic mass is 32.1. The highest BCUT2D eigenvalue weighted by Crippen LogP contribution is 2.10. The van der Waals surface area contributed by atoms with Gasteiger partial charge in [-0.3, -0.25) is 4.79 Å². The highest BCUT2D eigenvalue weighted by Gasteiger charge is 2.04. The molecule has 0 saturated heterocycles. The number of benzene rings is 1. The second kappa shape index (κ2) is 4.66. The molecule has 4 nitrogen and oxygen atoms in total. The number of rotatable bonds is 3. The normalized spacial score (nSPS) is 9.50. The molecule has 0 aliphatic heterocycles. The number of thiol groups is 1. The van der Waals surface area contributed by atoms with Crippen LogP contribution in [0.4, 0.5) is 5.69 Å². The van der Waals surface area contributed by atoms with Crippen LogP contribution < -0.4 is 5.32 Å². The highest BCUT2D eigenvalue weighted by molar-refractivity contribution is 7.81. The van der Waals surface area contributed by atoms with Crippen LogP contribution in [-0.4, -0.2) is 22.7 Å². The number of nitrogens with one attached hydrogen (secondary N) is 1. The Bertz CT molecular complexity index is 365. The van der Waals surface area contributed by atoms with Crippen LogP contribution in [0.5, 0.6) is 0 Å². The number of carboxylic acid groups (broad SMARTS) is 1. The van der Waals surface area contributed by atoms with E-state index in [1.165, 1.54) is 12.1 Å². The number of carboxylic acids is 1. The average Bonchev–Trinajstić information content (AvgIpc) is 2.18. The number of aromatic carboxylic acids is 1. The molecule has 0 atom stereocenters. The summed E-state index contributed by atoms with van der Waals surface area (Å²) < 4.78 is 0. The number of anilines is 1. The van der Waals surface area contributed by atoms with Gasteiger partial charge in [0.1, 0.15) is 0 Å². The molecule has 0 radical (unpaired) electrons. The second-order valence-electron chi connectivity index (χ2n) is 2.59. The molecule has 0 bridgehead atoms. The van der Waals surface area contributed by atoms with Crippen molar-refractivity contribution in [1.29, 1.82) is 0 Å². The quantitative estimate of drug-likeness (QED) is 0.659. The van der Waals surface area contributed by atoms with E-state index in [0.29, 0.717) is 5.69 Å². The van der Waals surface area contributed by atoms with Crippen molar-refractivity contribution in [2.75, 3.05) is 11.1 Å². The van der Waals surface area contributed by atoms with Gasteiger partial charge in [0.15, 0.2) is 0 Å². The molecule has 0 aromatic heterocycles. The maximum absolute atomic E-state index is 10.9. The first-order valence-corrected chi connectivity index (χ1v) is 4.51. The van der Waals surface area contributed by atoms with E-state index in [2.05, 4.69) is 17.9 Å². The zero-order valence-electron chi connectivity index (χ0n) is 7.23. The fourth-order valence-corrected chi connectivity index (χ4v) is 1.01. The SMILES string of the molecule is O=C(CS)Nc1cccc(C(=O)O)c1. The lowest BCUT2D eigenvalue weighted by atomic mass is 10.2. The summed E-state index contributed by atoms with van der Waals surface area (Å²) in [4.78, 5) is 21.5. The van der Waals surface area contributed by atoms with Crippen LogP contribution in [0.2, 0.25) is 0 Å². The van der Waals surface area contributed by atoms with Gasteiger partial charge in [0.25, 0.3) is 0 Å². The van der Waals surface area contributed by atoms with Crippen LogP contribution in [0, 0.1) is 0 Å². The molecule has 14 heavy (non-hydrogen) atoms. The minimum atomic E-state index is -1.02. The lowest BCUT2D eigenvalue weighted by molar-refractivity contribution is -0.113. The zero-order valence-corrected chi connectivity index (χ0v) is 8.12. The molecule has 0 aliphatic rings. The third-order valence-electron chi connectivity index (χ3n) is 1.54. The van der Waals surface area contributed by atoms with Crippen molar-refractivity contribution in [3.63, 3.8) is 0 Å². The van der Waals surface area contributed by atoms with E-state index < -0.39 is 5.97 Å². The van der Waals surface area contributed by atoms with Crippen molar-refractivity contribution in [3.8, 4) is 0 Å². The first-order chi connectivity index (χ1) is 6.63. The van der Waals surface area contributed by atoms with E-state index in [1.54, 1.807) is 12.1 Å². The lowest BCUT2D eigenvalue weighted by Crippen LogP contribution is -2.12. The number of carbonyl (C=O) groups excluding carboxylic acids is 1. The number of hydrogen-bond acceptors (Lipinski definition) is 3. The van der Waals surface area contributed by atoms with Crippen LogP contribution in [0.15, 0.2) is 24.3 Å². The van der Waals surface area contributed by atoms with Gasteiger partial charge in [0.05, 0.1) is 11.3 Å². The van der Waals surface area contributed by atoms with Crippen LogP contribution in [0.3, 0.4) is 0 Å². The Balaban J connectivity index is 2.83. The maximum atomic E-state index is 10.9. The Morgan fingerprint density at radius 3 is 2.71 bits per heavy atom. The largest absolute Gasteiger partial charge is 0.478 e. The third kappa shape index (κ3) is 2.77. The molecule has 0 aliphatic carbocycles. The van der Waals surface area contributed by atoms with Crippen LogP contribution in [-0.2, 0) is 4.79 Å². The van der Waals surface area contributed by atoms with E-state index >= 15 is 0 Å². The Labute approximate surface area is 86.3 Å². The smallest absolute Gasteiger partial charge is 0.335 e. The molecular weight excluding hydrogens is 202 g/mol. The average molecular weight is 211 g/mol. The first-order valence-electron chi connectivity index (χ1n) is 3.87. The predicted molar refractivity (Wildman–Crippen MR) is 55.9 cm³/mol. The summed E-state index contributed by atoms with van der Waals surface area (Å²) in [6.07, 6.45) is 0. The Morgan fingerprint density at radius 1 is 1.43 bits per heavy atom. The van der Waals surface area contributed by atoms with E-state index in [1.807, 2.05) is 0 Å². The summed E-state index contributed by atoms with van der Waals surface area (Å²) in [6, 6.07) is 6.04. The van der Waals surface area contributed by atoms with Gasteiger partial charge in [-0.25, -0.2) is 4.79 Å². The number of amides is 1. The molecule has 74 valence electrons. The van der Waals surface area contributed by atoms with Gasteiger partial charge in [-0.05, 0) is 18.2 Å². The van der Waals surface area contributed by atoms with E-state index in [-0.39, 0.29) is 17.2 Å². The van der Waals surface area contributed by atoms with Crippen LogP contribution in [0.25, 0.3) is 0 Å². The maximum Gasteiger partial charge on any atom is 0.335 e. The van der Waals surface area contributed by atoms with Gasteiger partial charge in [-0.2, -0.15) is 12.6 Å². The van der Waals surface area contributed by atoms with Gasteiger partial charge >= 0.3 is 5.97 Å². The molecule has 1 aromatic rings. The molecule has 1 rings (SSSR count). The van der Waals surface area contributed by atoms with Crippen molar-refractivity contribution in [2.24, 2.45) is 0 Å². The molecular formula is C9H9NO3S. The number of hydrogen-bond donors (Lipinski definition) is 3. The molecule has 1 amide bonds. The first kappa shape index (κ1) is 10.6. The standard InChI is InChI=1S/C9H9NO3S/c11-8(5-14)10-7-3-1-2-6(4-7)9(12)13/h1-4,14H,5H2,(H,10,11)(H,12,13). The van der Waals surface area contributed by atoms with Gasteiger partial charge in [0.2, 0.25) is 5.91 Å². The van der Waals surface area contributed by atoms with Crippen molar-refractivity contribution >= 4 is 30.2 Å². The second-order valence-corrected chi connectivity index (χ2v) is 2.91. The van der Waals surface area contributed by atoms with Crippen molar-refractivity contribution < 1.29 is 14.7 Å². The summed E-state index contributed by atoms with van der Waals surface area (Å²) in [5, 5.41) is 11.2. The lowest BCUT2D eigenvalue weighted by Gasteiger charge is -2.03. The summed E-state index contributed by atoms with van der Waals surface area (Å²) in [6.45, 7) is 0. The van der Waals surface area contributed by atoms with Crippen molar-refractivity contribution in [3.05, 3.63) is 29.8 Å². The van der Waals surface area contributed by atoms with Crippen molar-refractivity contribution in [1.82, 2.24) is 0 Å². The Hall–Kier alpha value is -1.49.